The first-order valence-corrected chi connectivity index (χ1v) is 7.61. The van der Waals surface area contributed by atoms with Crippen LogP contribution in [0.2, 0.25) is 0 Å². The van der Waals surface area contributed by atoms with Gasteiger partial charge in [-0.3, -0.25) is 14.7 Å². The molecule has 0 spiro atoms. The van der Waals surface area contributed by atoms with Crippen LogP contribution in [-0.4, -0.2) is 40.9 Å². The first kappa shape index (κ1) is 16.0. The molecule has 2 heterocycles. The summed E-state index contributed by atoms with van der Waals surface area (Å²) in [6.07, 6.45) is 7.64. The molecular weight excluding hydrogens is 276 g/mol. The number of guanidine groups is 1. The van der Waals surface area contributed by atoms with E-state index in [1.807, 2.05) is 36.1 Å². The quantitative estimate of drug-likeness (QED) is 0.460. The first-order chi connectivity index (χ1) is 10.8. The fourth-order valence-corrected chi connectivity index (χ4v) is 2.07. The van der Waals surface area contributed by atoms with Gasteiger partial charge in [-0.05, 0) is 37.5 Å². The second kappa shape index (κ2) is 8.81. The minimum atomic E-state index is 0.834. The summed E-state index contributed by atoms with van der Waals surface area (Å²) in [7, 11) is 1.79. The minimum absolute atomic E-state index is 0.834. The SMILES string of the molecule is CN=C(NCCCn1cccn1)NCCc1ccc(C)nc1. The van der Waals surface area contributed by atoms with Crippen LogP contribution in [0.3, 0.4) is 0 Å². The molecule has 0 bridgehead atoms. The largest absolute Gasteiger partial charge is 0.356 e. The molecule has 0 radical (unpaired) electrons. The number of aromatic nitrogens is 3. The van der Waals surface area contributed by atoms with E-state index in [4.69, 9.17) is 0 Å². The molecule has 0 unspecified atom stereocenters. The number of hydrogen-bond acceptors (Lipinski definition) is 3. The molecule has 6 heteroatoms. The van der Waals surface area contributed by atoms with Gasteiger partial charge in [0.2, 0.25) is 0 Å². The Morgan fingerprint density at radius 1 is 1.27 bits per heavy atom. The van der Waals surface area contributed by atoms with Gasteiger partial charge < -0.3 is 10.6 Å². The highest BCUT2D eigenvalue weighted by molar-refractivity contribution is 5.79. The number of rotatable bonds is 7. The van der Waals surface area contributed by atoms with Crippen molar-refractivity contribution >= 4 is 5.96 Å². The van der Waals surface area contributed by atoms with Gasteiger partial charge in [0, 0.05) is 51.0 Å². The second-order valence-corrected chi connectivity index (χ2v) is 5.11. The molecule has 22 heavy (non-hydrogen) atoms. The van der Waals surface area contributed by atoms with Crippen molar-refractivity contribution in [3.8, 4) is 0 Å². The Morgan fingerprint density at radius 3 is 2.82 bits per heavy atom. The molecule has 2 N–H and O–H groups in total. The Bertz CT molecular complexity index is 559. The number of aliphatic imine (C=N–C) groups is 1. The zero-order chi connectivity index (χ0) is 15.6. The summed E-state index contributed by atoms with van der Waals surface area (Å²) in [6.45, 7) is 4.61. The highest BCUT2D eigenvalue weighted by atomic mass is 15.3. The Labute approximate surface area is 131 Å². The lowest BCUT2D eigenvalue weighted by Crippen LogP contribution is -2.39. The monoisotopic (exact) mass is 300 g/mol. The molecule has 0 saturated carbocycles. The highest BCUT2D eigenvalue weighted by Gasteiger charge is 1.98. The topological polar surface area (TPSA) is 67.1 Å². The van der Waals surface area contributed by atoms with Crippen molar-refractivity contribution in [1.29, 1.82) is 0 Å². The number of aryl methyl sites for hydroxylation is 2. The fourth-order valence-electron chi connectivity index (χ4n) is 2.07. The van der Waals surface area contributed by atoms with Gasteiger partial charge in [-0.1, -0.05) is 6.07 Å². The predicted octanol–water partition coefficient (Wildman–Crippen LogP) is 1.38. The summed E-state index contributed by atoms with van der Waals surface area (Å²) >= 11 is 0. The molecule has 0 aliphatic heterocycles. The van der Waals surface area contributed by atoms with Crippen molar-refractivity contribution in [2.24, 2.45) is 4.99 Å². The van der Waals surface area contributed by atoms with Gasteiger partial charge in [0.25, 0.3) is 0 Å². The van der Waals surface area contributed by atoms with Gasteiger partial charge in [0.05, 0.1) is 0 Å². The molecule has 0 saturated heterocycles. The van der Waals surface area contributed by atoms with Gasteiger partial charge in [0.1, 0.15) is 0 Å². The predicted molar refractivity (Wildman–Crippen MR) is 88.9 cm³/mol. The third kappa shape index (κ3) is 5.55. The fraction of sp³-hybridized carbons (Fsp3) is 0.438. The van der Waals surface area contributed by atoms with Gasteiger partial charge in [-0.15, -0.1) is 0 Å². The molecule has 2 aromatic rings. The first-order valence-electron chi connectivity index (χ1n) is 7.61. The van der Waals surface area contributed by atoms with Crippen molar-refractivity contribution in [2.75, 3.05) is 20.1 Å². The van der Waals surface area contributed by atoms with E-state index in [9.17, 15) is 0 Å². The molecule has 0 aliphatic carbocycles. The molecular formula is C16H24N6. The molecule has 0 aromatic carbocycles. The molecule has 0 atom stereocenters. The third-order valence-electron chi connectivity index (χ3n) is 3.32. The summed E-state index contributed by atoms with van der Waals surface area (Å²) in [4.78, 5) is 8.52. The maximum Gasteiger partial charge on any atom is 0.190 e. The van der Waals surface area contributed by atoms with Crippen LogP contribution < -0.4 is 10.6 Å². The second-order valence-electron chi connectivity index (χ2n) is 5.11. The maximum atomic E-state index is 4.30. The Balaban J connectivity index is 1.61. The smallest absolute Gasteiger partial charge is 0.190 e. The van der Waals surface area contributed by atoms with E-state index in [-0.39, 0.29) is 0 Å². The average molecular weight is 300 g/mol. The summed E-state index contributed by atoms with van der Waals surface area (Å²) in [5, 5.41) is 10.8. The molecule has 2 rings (SSSR count). The van der Waals surface area contributed by atoms with E-state index < -0.39 is 0 Å². The number of hydrogen-bond donors (Lipinski definition) is 2. The van der Waals surface area contributed by atoms with E-state index in [1.54, 1.807) is 13.2 Å². The molecule has 118 valence electrons. The van der Waals surface area contributed by atoms with Crippen molar-refractivity contribution < 1.29 is 0 Å². The molecule has 0 fully saturated rings. The van der Waals surface area contributed by atoms with Crippen molar-refractivity contribution in [1.82, 2.24) is 25.4 Å². The summed E-state index contributed by atoms with van der Waals surface area (Å²) in [5.41, 5.74) is 2.28. The normalized spacial score (nSPS) is 11.5. The lowest BCUT2D eigenvalue weighted by Gasteiger charge is -2.12. The highest BCUT2D eigenvalue weighted by Crippen LogP contribution is 1.99. The van der Waals surface area contributed by atoms with Crippen LogP contribution in [0.25, 0.3) is 0 Å². The molecule has 0 aliphatic rings. The number of nitrogens with one attached hydrogen (secondary N) is 2. The van der Waals surface area contributed by atoms with Crippen LogP contribution in [-0.2, 0) is 13.0 Å². The lowest BCUT2D eigenvalue weighted by molar-refractivity contribution is 0.570. The van der Waals surface area contributed by atoms with Crippen molar-refractivity contribution in [3.05, 3.63) is 48.0 Å². The van der Waals surface area contributed by atoms with Crippen LogP contribution in [0.1, 0.15) is 17.7 Å². The summed E-state index contributed by atoms with van der Waals surface area (Å²) in [6, 6.07) is 6.09. The zero-order valence-electron chi connectivity index (χ0n) is 13.3. The van der Waals surface area contributed by atoms with Crippen LogP contribution in [0, 0.1) is 6.92 Å². The molecule has 2 aromatic heterocycles. The average Bonchev–Trinajstić information content (AvgIpc) is 3.05. The van der Waals surface area contributed by atoms with Crippen LogP contribution in [0.5, 0.6) is 0 Å². The maximum absolute atomic E-state index is 4.30. The molecule has 6 nitrogen and oxygen atoms in total. The van der Waals surface area contributed by atoms with Crippen LogP contribution in [0.4, 0.5) is 0 Å². The van der Waals surface area contributed by atoms with Crippen LogP contribution in [0.15, 0.2) is 41.8 Å². The Kier molecular flexibility index (Phi) is 6.41. The van der Waals surface area contributed by atoms with Crippen molar-refractivity contribution in [2.45, 2.75) is 26.3 Å². The molecule has 0 amide bonds. The van der Waals surface area contributed by atoms with Gasteiger partial charge in [-0.2, -0.15) is 5.10 Å². The van der Waals surface area contributed by atoms with E-state index >= 15 is 0 Å². The minimum Gasteiger partial charge on any atom is -0.356 e. The number of pyridine rings is 1. The third-order valence-corrected chi connectivity index (χ3v) is 3.32. The van der Waals surface area contributed by atoms with E-state index in [0.717, 1.165) is 44.1 Å². The Hall–Kier alpha value is -2.37. The van der Waals surface area contributed by atoms with Gasteiger partial charge in [0.15, 0.2) is 5.96 Å². The Morgan fingerprint density at radius 2 is 2.14 bits per heavy atom. The zero-order valence-corrected chi connectivity index (χ0v) is 13.3. The van der Waals surface area contributed by atoms with Gasteiger partial charge in [-0.25, -0.2) is 0 Å². The van der Waals surface area contributed by atoms with Crippen LogP contribution >= 0.6 is 0 Å². The van der Waals surface area contributed by atoms with E-state index in [2.05, 4.69) is 31.8 Å². The standard InChI is InChI=1S/C16H24N6/c1-14-5-6-15(13-20-14)7-10-19-16(17-2)18-8-3-11-22-12-4-9-21-22/h4-6,9,12-13H,3,7-8,10-11H2,1-2H3,(H2,17,18,19). The number of nitrogens with zero attached hydrogens (tertiary/aromatic N) is 4. The summed E-state index contributed by atoms with van der Waals surface area (Å²) < 4.78 is 1.93. The van der Waals surface area contributed by atoms with E-state index in [0.29, 0.717) is 0 Å². The van der Waals surface area contributed by atoms with Gasteiger partial charge >= 0.3 is 0 Å². The van der Waals surface area contributed by atoms with Crippen molar-refractivity contribution in [3.63, 3.8) is 0 Å². The summed E-state index contributed by atoms with van der Waals surface area (Å²) in [5.74, 6) is 0.834. The van der Waals surface area contributed by atoms with E-state index in [1.165, 1.54) is 5.56 Å². The lowest BCUT2D eigenvalue weighted by atomic mass is 10.2.